The van der Waals surface area contributed by atoms with E-state index in [4.69, 9.17) is 0 Å². The molecule has 4 rings (SSSR count). The molecule has 0 N–H and O–H groups in total. The lowest BCUT2D eigenvalue weighted by atomic mass is 10.1. The number of amides is 1. The normalized spacial score (nSPS) is 13.6. The Labute approximate surface area is 163 Å². The van der Waals surface area contributed by atoms with Gasteiger partial charge in [-0.25, -0.2) is 9.97 Å². The summed E-state index contributed by atoms with van der Waals surface area (Å²) in [5.74, 6) is 6.85. The monoisotopic (exact) mass is 369 g/mol. The molecule has 3 heterocycles. The number of carbonyl (C=O) groups excluding carboxylic acids is 1. The Morgan fingerprint density at radius 3 is 2.32 bits per heavy atom. The van der Waals surface area contributed by atoms with Crippen LogP contribution in [0.3, 0.4) is 0 Å². The Morgan fingerprint density at radius 2 is 1.57 bits per heavy atom. The van der Waals surface area contributed by atoms with E-state index < -0.39 is 0 Å². The van der Waals surface area contributed by atoms with Gasteiger partial charge >= 0.3 is 0 Å². The van der Waals surface area contributed by atoms with Crippen LogP contribution in [0.5, 0.6) is 0 Å². The molecule has 1 amide bonds. The summed E-state index contributed by atoms with van der Waals surface area (Å²) in [6.07, 6.45) is 6.74. The van der Waals surface area contributed by atoms with Crippen LogP contribution in [0, 0.1) is 11.8 Å². The van der Waals surface area contributed by atoms with Gasteiger partial charge in [0.2, 0.25) is 5.95 Å². The number of hydrogen-bond acceptors (Lipinski definition) is 5. The van der Waals surface area contributed by atoms with Crippen molar-refractivity contribution in [2.75, 3.05) is 31.1 Å². The highest BCUT2D eigenvalue weighted by Gasteiger charge is 2.23. The first-order valence-corrected chi connectivity index (χ1v) is 9.13. The standard InChI is InChI=1S/C22H19N5O/c28-21(26-11-13-27(14-12-26)22-24-9-4-10-25-22)20-15-19(16-23-17-20)8-7-18-5-2-1-3-6-18/h1-6,9-10,15-17H,11-14H2. The van der Waals surface area contributed by atoms with Gasteiger partial charge in [-0.05, 0) is 24.3 Å². The molecule has 0 aliphatic carbocycles. The minimum atomic E-state index is -0.0236. The number of aromatic nitrogens is 3. The minimum Gasteiger partial charge on any atom is -0.337 e. The lowest BCUT2D eigenvalue weighted by molar-refractivity contribution is 0.0745. The van der Waals surface area contributed by atoms with E-state index in [9.17, 15) is 4.79 Å². The fourth-order valence-electron chi connectivity index (χ4n) is 3.04. The number of rotatable bonds is 2. The average molecular weight is 369 g/mol. The van der Waals surface area contributed by atoms with Crippen molar-refractivity contribution in [3.63, 3.8) is 0 Å². The van der Waals surface area contributed by atoms with Gasteiger partial charge in [0.25, 0.3) is 5.91 Å². The molecule has 1 aliphatic rings. The summed E-state index contributed by atoms with van der Waals surface area (Å²) in [5.41, 5.74) is 2.22. The maximum atomic E-state index is 12.9. The zero-order chi connectivity index (χ0) is 19.2. The van der Waals surface area contributed by atoms with Gasteiger partial charge in [-0.2, -0.15) is 0 Å². The first-order chi connectivity index (χ1) is 13.8. The lowest BCUT2D eigenvalue weighted by Gasteiger charge is -2.34. The summed E-state index contributed by atoms with van der Waals surface area (Å²) in [4.78, 5) is 29.5. The second-order valence-electron chi connectivity index (χ2n) is 6.41. The third-order valence-corrected chi connectivity index (χ3v) is 4.51. The lowest BCUT2D eigenvalue weighted by Crippen LogP contribution is -2.49. The molecule has 0 bridgehead atoms. The number of piperazine rings is 1. The van der Waals surface area contributed by atoms with E-state index in [1.54, 1.807) is 36.9 Å². The summed E-state index contributed by atoms with van der Waals surface area (Å²) in [6.45, 7) is 2.65. The van der Waals surface area contributed by atoms with Gasteiger partial charge in [-0.3, -0.25) is 9.78 Å². The van der Waals surface area contributed by atoms with E-state index in [2.05, 4.69) is 31.7 Å². The van der Waals surface area contributed by atoms with Gasteiger partial charge in [-0.15, -0.1) is 0 Å². The largest absolute Gasteiger partial charge is 0.337 e. The van der Waals surface area contributed by atoms with E-state index in [1.807, 2.05) is 35.2 Å². The summed E-state index contributed by atoms with van der Waals surface area (Å²) in [6, 6.07) is 13.3. The highest BCUT2D eigenvalue weighted by Crippen LogP contribution is 2.13. The zero-order valence-electron chi connectivity index (χ0n) is 15.3. The predicted molar refractivity (Wildman–Crippen MR) is 107 cm³/mol. The zero-order valence-corrected chi connectivity index (χ0v) is 15.3. The maximum Gasteiger partial charge on any atom is 0.255 e. The highest BCUT2D eigenvalue weighted by molar-refractivity contribution is 5.94. The van der Waals surface area contributed by atoms with Crippen molar-refractivity contribution in [1.82, 2.24) is 19.9 Å². The number of carbonyl (C=O) groups is 1. The first-order valence-electron chi connectivity index (χ1n) is 9.13. The van der Waals surface area contributed by atoms with Crippen LogP contribution in [-0.2, 0) is 0 Å². The Kier molecular flexibility index (Phi) is 5.25. The molecule has 2 aromatic heterocycles. The van der Waals surface area contributed by atoms with Crippen LogP contribution in [0.15, 0.2) is 67.3 Å². The van der Waals surface area contributed by atoms with Crippen LogP contribution in [-0.4, -0.2) is 51.9 Å². The van der Waals surface area contributed by atoms with Gasteiger partial charge in [0.15, 0.2) is 0 Å². The van der Waals surface area contributed by atoms with Gasteiger partial charge in [0.1, 0.15) is 0 Å². The van der Waals surface area contributed by atoms with Crippen LogP contribution in [0.4, 0.5) is 5.95 Å². The summed E-state index contributed by atoms with van der Waals surface area (Å²) >= 11 is 0. The second kappa shape index (κ2) is 8.31. The van der Waals surface area contributed by atoms with E-state index in [1.165, 1.54) is 0 Å². The van der Waals surface area contributed by atoms with E-state index >= 15 is 0 Å². The van der Waals surface area contributed by atoms with Gasteiger partial charge in [0, 0.05) is 62.1 Å². The summed E-state index contributed by atoms with van der Waals surface area (Å²) in [5, 5.41) is 0. The Hall–Kier alpha value is -3.72. The topological polar surface area (TPSA) is 62.2 Å². The molecule has 0 atom stereocenters. The number of anilines is 1. The van der Waals surface area contributed by atoms with E-state index in [-0.39, 0.29) is 5.91 Å². The van der Waals surface area contributed by atoms with Crippen molar-refractivity contribution in [3.8, 4) is 11.8 Å². The molecule has 1 fully saturated rings. The number of pyridine rings is 1. The van der Waals surface area contributed by atoms with Crippen molar-refractivity contribution in [2.24, 2.45) is 0 Å². The van der Waals surface area contributed by atoms with Crippen molar-refractivity contribution in [2.45, 2.75) is 0 Å². The fourth-order valence-corrected chi connectivity index (χ4v) is 3.04. The molecule has 0 saturated carbocycles. The molecule has 6 nitrogen and oxygen atoms in total. The van der Waals surface area contributed by atoms with Crippen LogP contribution < -0.4 is 4.90 Å². The molecule has 0 spiro atoms. The molecule has 138 valence electrons. The smallest absolute Gasteiger partial charge is 0.255 e. The SMILES string of the molecule is O=C(c1cncc(C#Cc2ccccc2)c1)N1CCN(c2ncccn2)CC1. The third-order valence-electron chi connectivity index (χ3n) is 4.51. The summed E-state index contributed by atoms with van der Waals surface area (Å²) < 4.78 is 0. The molecule has 3 aromatic rings. The molecule has 1 aromatic carbocycles. The third kappa shape index (κ3) is 4.15. The predicted octanol–water partition coefficient (Wildman–Crippen LogP) is 2.23. The molecule has 1 saturated heterocycles. The van der Waals surface area contributed by atoms with Gasteiger partial charge in [-0.1, -0.05) is 30.0 Å². The number of nitrogens with zero attached hydrogens (tertiary/aromatic N) is 5. The Bertz CT molecular complexity index is 1000. The van der Waals surface area contributed by atoms with E-state index in [0.29, 0.717) is 37.7 Å². The summed E-state index contributed by atoms with van der Waals surface area (Å²) in [7, 11) is 0. The molecule has 0 radical (unpaired) electrons. The highest BCUT2D eigenvalue weighted by atomic mass is 16.2. The molecule has 0 unspecified atom stereocenters. The molecule has 6 heteroatoms. The molecular weight excluding hydrogens is 350 g/mol. The van der Waals surface area contributed by atoms with E-state index in [0.717, 1.165) is 11.1 Å². The Balaban J connectivity index is 1.42. The van der Waals surface area contributed by atoms with Crippen LogP contribution in [0.1, 0.15) is 21.5 Å². The van der Waals surface area contributed by atoms with Gasteiger partial charge in [0.05, 0.1) is 5.56 Å². The Morgan fingerprint density at radius 1 is 0.857 bits per heavy atom. The molecule has 28 heavy (non-hydrogen) atoms. The minimum absolute atomic E-state index is 0.0236. The van der Waals surface area contributed by atoms with Crippen LogP contribution >= 0.6 is 0 Å². The van der Waals surface area contributed by atoms with Crippen LogP contribution in [0.25, 0.3) is 0 Å². The van der Waals surface area contributed by atoms with Crippen molar-refractivity contribution in [1.29, 1.82) is 0 Å². The van der Waals surface area contributed by atoms with Crippen molar-refractivity contribution < 1.29 is 4.79 Å². The fraction of sp³-hybridized carbons (Fsp3) is 0.182. The second-order valence-corrected chi connectivity index (χ2v) is 6.41. The quantitative estimate of drug-likeness (QED) is 0.649. The molecular formula is C22H19N5O. The first kappa shape index (κ1) is 17.7. The molecule has 1 aliphatic heterocycles. The van der Waals surface area contributed by atoms with Crippen LogP contribution in [0.2, 0.25) is 0 Å². The van der Waals surface area contributed by atoms with Crippen molar-refractivity contribution >= 4 is 11.9 Å². The number of benzene rings is 1. The number of hydrogen-bond donors (Lipinski definition) is 0. The van der Waals surface area contributed by atoms with Gasteiger partial charge < -0.3 is 9.80 Å². The van der Waals surface area contributed by atoms with Crippen molar-refractivity contribution in [3.05, 3.63) is 83.9 Å². The maximum absolute atomic E-state index is 12.9. The average Bonchev–Trinajstić information content (AvgIpc) is 2.79.